The van der Waals surface area contributed by atoms with Crippen LogP contribution >= 0.6 is 12.2 Å². The summed E-state index contributed by atoms with van der Waals surface area (Å²) < 4.78 is 8.71. The maximum Gasteiger partial charge on any atom is 0.195 e. The Morgan fingerprint density at radius 2 is 2.05 bits per heavy atom. The summed E-state index contributed by atoms with van der Waals surface area (Å²) in [5.74, 6) is 1.73. The molecule has 0 amide bonds. The molecular formula is C15H21N3OS. The van der Waals surface area contributed by atoms with E-state index in [1.807, 2.05) is 10.6 Å². The monoisotopic (exact) mass is 291 g/mol. The summed E-state index contributed by atoms with van der Waals surface area (Å²) in [6.45, 7) is 9.11. The van der Waals surface area contributed by atoms with Gasteiger partial charge in [0.25, 0.3) is 0 Å². The van der Waals surface area contributed by atoms with Crippen LogP contribution < -0.4 is 4.74 Å². The molecule has 4 nitrogen and oxygen atoms in total. The summed E-state index contributed by atoms with van der Waals surface area (Å²) in [6, 6.07) is 6.15. The average molecular weight is 291 g/mol. The van der Waals surface area contributed by atoms with Gasteiger partial charge in [-0.15, -0.1) is 0 Å². The van der Waals surface area contributed by atoms with Crippen LogP contribution in [0.4, 0.5) is 0 Å². The third kappa shape index (κ3) is 2.93. The van der Waals surface area contributed by atoms with Gasteiger partial charge in [0, 0.05) is 6.54 Å². The number of benzene rings is 1. The highest BCUT2D eigenvalue weighted by atomic mass is 32.1. The third-order valence-electron chi connectivity index (χ3n) is 3.52. The van der Waals surface area contributed by atoms with Crippen LogP contribution in [0.3, 0.4) is 0 Å². The van der Waals surface area contributed by atoms with Gasteiger partial charge in [-0.05, 0) is 62.7 Å². The fourth-order valence-electron chi connectivity index (χ4n) is 2.15. The number of H-pyrrole nitrogens is 1. The standard InChI is InChI=1S/C15H21N3OS/c1-5-13(14-16-17-15(20)18(14)6-2)19-12-8-7-10(3)11(4)9-12/h7-9,13H,5-6H2,1-4H3,(H,17,20). The molecule has 2 aromatic rings. The normalized spacial score (nSPS) is 12.4. The second-order valence-electron chi connectivity index (χ2n) is 4.89. The van der Waals surface area contributed by atoms with Crippen molar-refractivity contribution >= 4 is 12.2 Å². The van der Waals surface area contributed by atoms with Gasteiger partial charge in [-0.1, -0.05) is 13.0 Å². The zero-order chi connectivity index (χ0) is 14.7. The molecule has 0 fully saturated rings. The quantitative estimate of drug-likeness (QED) is 0.843. The van der Waals surface area contributed by atoms with E-state index in [1.165, 1.54) is 11.1 Å². The van der Waals surface area contributed by atoms with Gasteiger partial charge < -0.3 is 9.30 Å². The Labute approximate surface area is 124 Å². The smallest absolute Gasteiger partial charge is 0.195 e. The average Bonchev–Trinajstić information content (AvgIpc) is 2.81. The number of ether oxygens (including phenoxy) is 1. The first-order chi connectivity index (χ1) is 9.56. The van der Waals surface area contributed by atoms with E-state index in [-0.39, 0.29) is 6.10 Å². The molecule has 108 valence electrons. The van der Waals surface area contributed by atoms with Gasteiger partial charge in [0.1, 0.15) is 5.75 Å². The predicted molar refractivity (Wildman–Crippen MR) is 82.7 cm³/mol. The van der Waals surface area contributed by atoms with Crippen LogP contribution in [0.5, 0.6) is 5.75 Å². The Morgan fingerprint density at radius 1 is 1.30 bits per heavy atom. The fourth-order valence-corrected chi connectivity index (χ4v) is 2.42. The number of nitrogens with zero attached hydrogens (tertiary/aromatic N) is 2. The summed E-state index contributed by atoms with van der Waals surface area (Å²) >= 11 is 5.23. The van der Waals surface area contributed by atoms with Crippen molar-refractivity contribution in [3.8, 4) is 5.75 Å². The van der Waals surface area contributed by atoms with Crippen molar-refractivity contribution < 1.29 is 4.74 Å². The molecule has 0 aliphatic carbocycles. The number of rotatable bonds is 5. The lowest BCUT2D eigenvalue weighted by Crippen LogP contribution is -2.13. The van der Waals surface area contributed by atoms with Crippen molar-refractivity contribution in [2.45, 2.75) is 46.8 Å². The van der Waals surface area contributed by atoms with Crippen LogP contribution in [0.25, 0.3) is 0 Å². The minimum atomic E-state index is -0.0926. The first-order valence-corrected chi connectivity index (χ1v) is 7.36. The molecular weight excluding hydrogens is 270 g/mol. The van der Waals surface area contributed by atoms with Crippen LogP contribution in [-0.2, 0) is 6.54 Å². The third-order valence-corrected chi connectivity index (χ3v) is 3.83. The van der Waals surface area contributed by atoms with Crippen LogP contribution in [-0.4, -0.2) is 14.8 Å². The van der Waals surface area contributed by atoms with Crippen molar-refractivity contribution in [2.24, 2.45) is 0 Å². The topological polar surface area (TPSA) is 42.8 Å². The Bertz CT molecular complexity index is 645. The molecule has 0 spiro atoms. The zero-order valence-corrected chi connectivity index (χ0v) is 13.3. The first kappa shape index (κ1) is 14.8. The van der Waals surface area contributed by atoms with E-state index in [2.05, 4.69) is 50.0 Å². The molecule has 1 heterocycles. The summed E-state index contributed by atoms with van der Waals surface area (Å²) in [4.78, 5) is 0. The minimum Gasteiger partial charge on any atom is -0.482 e. The highest BCUT2D eigenvalue weighted by molar-refractivity contribution is 7.71. The Kier molecular flexibility index (Phi) is 4.60. The summed E-state index contributed by atoms with van der Waals surface area (Å²) in [6.07, 6.45) is 0.747. The summed E-state index contributed by atoms with van der Waals surface area (Å²) in [5, 5.41) is 7.16. The Morgan fingerprint density at radius 3 is 2.65 bits per heavy atom. The van der Waals surface area contributed by atoms with Gasteiger partial charge in [0.15, 0.2) is 16.7 Å². The molecule has 1 unspecified atom stereocenters. The van der Waals surface area contributed by atoms with E-state index in [4.69, 9.17) is 17.0 Å². The number of hydrogen-bond donors (Lipinski definition) is 1. The lowest BCUT2D eigenvalue weighted by molar-refractivity contribution is 0.185. The second-order valence-corrected chi connectivity index (χ2v) is 5.28. The van der Waals surface area contributed by atoms with Crippen molar-refractivity contribution in [1.82, 2.24) is 14.8 Å². The lowest BCUT2D eigenvalue weighted by atomic mass is 10.1. The lowest BCUT2D eigenvalue weighted by Gasteiger charge is -2.18. The van der Waals surface area contributed by atoms with Crippen LogP contribution in [0, 0.1) is 18.6 Å². The van der Waals surface area contributed by atoms with Crippen molar-refractivity contribution in [3.05, 3.63) is 39.9 Å². The second kappa shape index (κ2) is 6.22. The van der Waals surface area contributed by atoms with E-state index in [1.54, 1.807) is 0 Å². The van der Waals surface area contributed by atoms with E-state index in [9.17, 15) is 0 Å². The van der Waals surface area contributed by atoms with Crippen LogP contribution in [0.15, 0.2) is 18.2 Å². The van der Waals surface area contributed by atoms with Gasteiger partial charge >= 0.3 is 0 Å². The van der Waals surface area contributed by atoms with Gasteiger partial charge in [-0.2, -0.15) is 5.10 Å². The summed E-state index contributed by atoms with van der Waals surface area (Å²) in [5.41, 5.74) is 2.49. The molecule has 2 rings (SSSR count). The molecule has 0 bridgehead atoms. The van der Waals surface area contributed by atoms with Crippen molar-refractivity contribution in [1.29, 1.82) is 0 Å². The predicted octanol–water partition coefficient (Wildman–Crippen LogP) is 4.11. The van der Waals surface area contributed by atoms with E-state index < -0.39 is 0 Å². The molecule has 0 aliphatic heterocycles. The minimum absolute atomic E-state index is 0.0926. The number of aryl methyl sites for hydroxylation is 2. The highest BCUT2D eigenvalue weighted by Gasteiger charge is 2.18. The SMILES string of the molecule is CCC(Oc1ccc(C)c(C)c1)c1n[nH]c(=S)n1CC. The van der Waals surface area contributed by atoms with Crippen LogP contribution in [0.1, 0.15) is 43.3 Å². The largest absolute Gasteiger partial charge is 0.482 e. The molecule has 1 aromatic heterocycles. The van der Waals surface area contributed by atoms with Crippen LogP contribution in [0.2, 0.25) is 0 Å². The molecule has 5 heteroatoms. The first-order valence-electron chi connectivity index (χ1n) is 6.95. The molecule has 1 atom stereocenters. The van der Waals surface area contributed by atoms with Crippen molar-refractivity contribution in [2.75, 3.05) is 0 Å². The van der Waals surface area contributed by atoms with Gasteiger partial charge in [0.05, 0.1) is 0 Å². The summed E-state index contributed by atoms with van der Waals surface area (Å²) in [7, 11) is 0. The fraction of sp³-hybridized carbons (Fsp3) is 0.467. The number of nitrogens with one attached hydrogen (secondary N) is 1. The molecule has 20 heavy (non-hydrogen) atoms. The molecule has 1 N–H and O–H groups in total. The van der Waals surface area contributed by atoms with Gasteiger partial charge in [-0.3, -0.25) is 5.10 Å². The molecule has 0 saturated heterocycles. The zero-order valence-electron chi connectivity index (χ0n) is 12.4. The van der Waals surface area contributed by atoms with E-state index >= 15 is 0 Å². The maximum absolute atomic E-state index is 6.09. The number of aromatic amines is 1. The molecule has 0 radical (unpaired) electrons. The van der Waals surface area contributed by atoms with Gasteiger partial charge in [0.2, 0.25) is 0 Å². The van der Waals surface area contributed by atoms with Crippen molar-refractivity contribution in [3.63, 3.8) is 0 Å². The Hall–Kier alpha value is -1.62. The van der Waals surface area contributed by atoms with Gasteiger partial charge in [-0.25, -0.2) is 0 Å². The number of aromatic nitrogens is 3. The maximum atomic E-state index is 6.09. The van der Waals surface area contributed by atoms with E-state index in [0.29, 0.717) is 4.77 Å². The molecule has 0 saturated carbocycles. The highest BCUT2D eigenvalue weighted by Crippen LogP contribution is 2.25. The molecule has 1 aromatic carbocycles. The molecule has 0 aliphatic rings. The van der Waals surface area contributed by atoms with E-state index in [0.717, 1.165) is 24.5 Å². The Balaban J connectivity index is 2.28. The number of hydrogen-bond acceptors (Lipinski definition) is 3.